The summed E-state index contributed by atoms with van der Waals surface area (Å²) in [6.45, 7) is 2.14. The van der Waals surface area contributed by atoms with Crippen LogP contribution < -0.4 is 0 Å². The Labute approximate surface area is 113 Å². The lowest BCUT2D eigenvalue weighted by molar-refractivity contribution is 0.363. The van der Waals surface area contributed by atoms with Crippen LogP contribution in [0.4, 0.5) is 0 Å². The lowest BCUT2D eigenvalue weighted by atomic mass is 10.2. The van der Waals surface area contributed by atoms with Crippen molar-refractivity contribution >= 4 is 11.6 Å². The summed E-state index contributed by atoms with van der Waals surface area (Å²) in [5, 5.41) is 15.7. The highest BCUT2D eigenvalue weighted by Gasteiger charge is 2.11. The summed E-state index contributed by atoms with van der Waals surface area (Å²) in [4.78, 5) is 4.28. The number of aryl methyl sites for hydroxylation is 1. The summed E-state index contributed by atoms with van der Waals surface area (Å²) in [5.41, 5.74) is 0.802. The van der Waals surface area contributed by atoms with Gasteiger partial charge >= 0.3 is 0 Å². The Morgan fingerprint density at radius 3 is 3.00 bits per heavy atom. The first-order valence-corrected chi connectivity index (χ1v) is 5.91. The Balaban J connectivity index is 1.86. The number of nitrogens with zero attached hydrogens (tertiary/aromatic N) is 6. The highest BCUT2D eigenvalue weighted by atomic mass is 35.5. The average Bonchev–Trinajstić information content (AvgIpc) is 3.00. The van der Waals surface area contributed by atoms with Crippen LogP contribution in [0.25, 0.3) is 11.4 Å². The van der Waals surface area contributed by atoms with E-state index in [0.717, 1.165) is 5.56 Å². The van der Waals surface area contributed by atoms with Crippen LogP contribution in [0.1, 0.15) is 11.7 Å². The number of benzene rings is 1. The van der Waals surface area contributed by atoms with E-state index in [1.807, 2.05) is 12.1 Å². The summed E-state index contributed by atoms with van der Waals surface area (Å²) in [5.74, 6) is 1.61. The lowest BCUT2D eigenvalue weighted by Gasteiger charge is -1.95. The molecule has 0 atom stereocenters. The number of tetrazole rings is 1. The number of aromatic nitrogens is 6. The molecular formula is C11H9ClN6O. The predicted octanol–water partition coefficient (Wildman–Crippen LogP) is 1.73. The Morgan fingerprint density at radius 1 is 1.37 bits per heavy atom. The first-order chi connectivity index (χ1) is 9.22. The Bertz CT molecular complexity index is 707. The van der Waals surface area contributed by atoms with E-state index in [1.54, 1.807) is 23.7 Å². The molecule has 0 aliphatic heterocycles. The Morgan fingerprint density at radius 2 is 2.26 bits per heavy atom. The molecule has 0 fully saturated rings. The summed E-state index contributed by atoms with van der Waals surface area (Å²) in [6, 6.07) is 7.26. The van der Waals surface area contributed by atoms with Gasteiger partial charge in [-0.1, -0.05) is 28.9 Å². The first kappa shape index (κ1) is 11.8. The molecule has 0 N–H and O–H groups in total. The standard InChI is InChI=1S/C11H9ClN6O/c1-7-14-16-17-18(7)6-10-13-11(15-19-10)8-3-2-4-9(12)5-8/h2-5H,6H2,1H3. The highest BCUT2D eigenvalue weighted by Crippen LogP contribution is 2.20. The van der Waals surface area contributed by atoms with Crippen molar-refractivity contribution in [2.45, 2.75) is 13.5 Å². The van der Waals surface area contributed by atoms with Crippen molar-refractivity contribution in [1.82, 2.24) is 30.3 Å². The molecule has 0 amide bonds. The molecule has 1 aromatic carbocycles. The van der Waals surface area contributed by atoms with Gasteiger partial charge in [-0.15, -0.1) is 5.10 Å². The van der Waals surface area contributed by atoms with Crippen LogP contribution in [0.5, 0.6) is 0 Å². The SMILES string of the molecule is Cc1nnnn1Cc1nc(-c2cccc(Cl)c2)no1. The third kappa shape index (κ3) is 2.45. The van der Waals surface area contributed by atoms with Crippen LogP contribution >= 0.6 is 11.6 Å². The fraction of sp³-hybridized carbons (Fsp3) is 0.182. The predicted molar refractivity (Wildman–Crippen MR) is 66.4 cm³/mol. The largest absolute Gasteiger partial charge is 0.337 e. The van der Waals surface area contributed by atoms with Gasteiger partial charge in [0.05, 0.1) is 0 Å². The van der Waals surface area contributed by atoms with Gasteiger partial charge in [0.2, 0.25) is 11.7 Å². The van der Waals surface area contributed by atoms with Crippen molar-refractivity contribution in [3.05, 3.63) is 41.0 Å². The van der Waals surface area contributed by atoms with E-state index in [1.165, 1.54) is 0 Å². The van der Waals surface area contributed by atoms with Crippen LogP contribution in [0, 0.1) is 6.92 Å². The number of halogens is 1. The normalized spacial score (nSPS) is 10.8. The smallest absolute Gasteiger partial charge is 0.248 e. The molecule has 19 heavy (non-hydrogen) atoms. The monoisotopic (exact) mass is 276 g/mol. The molecule has 0 saturated heterocycles. The lowest BCUT2D eigenvalue weighted by Crippen LogP contribution is -2.04. The molecular weight excluding hydrogens is 268 g/mol. The fourth-order valence-corrected chi connectivity index (χ4v) is 1.78. The van der Waals surface area contributed by atoms with Crippen molar-refractivity contribution in [3.63, 3.8) is 0 Å². The first-order valence-electron chi connectivity index (χ1n) is 5.53. The number of rotatable bonds is 3. The van der Waals surface area contributed by atoms with Gasteiger partial charge in [0, 0.05) is 10.6 Å². The molecule has 0 bridgehead atoms. The number of hydrogen-bond acceptors (Lipinski definition) is 6. The zero-order valence-electron chi connectivity index (χ0n) is 9.99. The molecule has 2 heterocycles. The van der Waals surface area contributed by atoms with E-state index in [2.05, 4.69) is 25.7 Å². The zero-order chi connectivity index (χ0) is 13.2. The molecule has 0 radical (unpaired) electrons. The van der Waals surface area contributed by atoms with Gasteiger partial charge in [-0.25, -0.2) is 4.68 Å². The van der Waals surface area contributed by atoms with E-state index in [-0.39, 0.29) is 0 Å². The van der Waals surface area contributed by atoms with Crippen molar-refractivity contribution in [2.24, 2.45) is 0 Å². The van der Waals surface area contributed by atoms with Crippen molar-refractivity contribution in [1.29, 1.82) is 0 Å². The Hall–Kier alpha value is -2.28. The maximum Gasteiger partial charge on any atom is 0.248 e. The van der Waals surface area contributed by atoms with Gasteiger partial charge in [-0.05, 0) is 29.5 Å². The van der Waals surface area contributed by atoms with E-state index in [9.17, 15) is 0 Å². The zero-order valence-corrected chi connectivity index (χ0v) is 10.7. The molecule has 0 aliphatic carbocycles. The second kappa shape index (κ2) is 4.77. The summed E-state index contributed by atoms with van der Waals surface area (Å²) in [6.07, 6.45) is 0. The fourth-order valence-electron chi connectivity index (χ4n) is 1.59. The molecule has 0 aliphatic rings. The summed E-state index contributed by atoms with van der Waals surface area (Å²) >= 11 is 5.92. The van der Waals surface area contributed by atoms with E-state index < -0.39 is 0 Å². The molecule has 96 valence electrons. The minimum atomic E-state index is 0.340. The average molecular weight is 277 g/mol. The molecule has 0 unspecified atom stereocenters. The van der Waals surface area contributed by atoms with Crippen LogP contribution in [-0.2, 0) is 6.54 Å². The molecule has 3 aromatic rings. The quantitative estimate of drug-likeness (QED) is 0.724. The molecule has 0 spiro atoms. The minimum Gasteiger partial charge on any atom is -0.337 e. The van der Waals surface area contributed by atoms with Crippen LogP contribution in [0.3, 0.4) is 0 Å². The summed E-state index contributed by atoms with van der Waals surface area (Å²) < 4.78 is 6.75. The van der Waals surface area contributed by atoms with Gasteiger partial charge < -0.3 is 4.52 Å². The highest BCUT2D eigenvalue weighted by molar-refractivity contribution is 6.30. The van der Waals surface area contributed by atoms with E-state index in [0.29, 0.717) is 29.1 Å². The second-order valence-electron chi connectivity index (χ2n) is 3.91. The van der Waals surface area contributed by atoms with Gasteiger partial charge in [0.15, 0.2) is 0 Å². The van der Waals surface area contributed by atoms with Gasteiger partial charge in [-0.2, -0.15) is 4.98 Å². The van der Waals surface area contributed by atoms with Crippen molar-refractivity contribution < 1.29 is 4.52 Å². The van der Waals surface area contributed by atoms with Crippen LogP contribution in [0.2, 0.25) is 5.02 Å². The maximum absolute atomic E-state index is 5.92. The molecule has 8 heteroatoms. The molecule has 7 nitrogen and oxygen atoms in total. The number of hydrogen-bond donors (Lipinski definition) is 0. The molecule has 0 saturated carbocycles. The van der Waals surface area contributed by atoms with E-state index >= 15 is 0 Å². The van der Waals surface area contributed by atoms with Gasteiger partial charge in [0.1, 0.15) is 12.4 Å². The van der Waals surface area contributed by atoms with Crippen LogP contribution in [-0.4, -0.2) is 30.3 Å². The second-order valence-corrected chi connectivity index (χ2v) is 4.34. The summed E-state index contributed by atoms with van der Waals surface area (Å²) in [7, 11) is 0. The van der Waals surface area contributed by atoms with Gasteiger partial charge in [0.25, 0.3) is 0 Å². The molecule has 2 aromatic heterocycles. The van der Waals surface area contributed by atoms with E-state index in [4.69, 9.17) is 16.1 Å². The molecule has 3 rings (SSSR count). The van der Waals surface area contributed by atoms with Crippen molar-refractivity contribution in [3.8, 4) is 11.4 Å². The Kier molecular flexibility index (Phi) is 2.96. The topological polar surface area (TPSA) is 82.5 Å². The van der Waals surface area contributed by atoms with Gasteiger partial charge in [-0.3, -0.25) is 0 Å². The van der Waals surface area contributed by atoms with Crippen molar-refractivity contribution in [2.75, 3.05) is 0 Å². The third-order valence-corrected chi connectivity index (χ3v) is 2.78. The maximum atomic E-state index is 5.92. The van der Waals surface area contributed by atoms with Crippen LogP contribution in [0.15, 0.2) is 28.8 Å². The third-order valence-electron chi connectivity index (χ3n) is 2.55. The minimum absolute atomic E-state index is 0.340.